The van der Waals surface area contributed by atoms with E-state index in [4.69, 9.17) is 36.4 Å². The fourth-order valence-electron chi connectivity index (χ4n) is 1.75. The molecular formula is C14H24CaN2O12. The first-order chi connectivity index (χ1) is 12.8. The van der Waals surface area contributed by atoms with Crippen molar-refractivity contribution in [2.75, 3.05) is 13.1 Å². The van der Waals surface area contributed by atoms with Crippen LogP contribution in [0.5, 0.6) is 0 Å². The largest absolute Gasteiger partial charge is 2.00 e. The van der Waals surface area contributed by atoms with Gasteiger partial charge in [-0.3, -0.25) is 33.7 Å². The van der Waals surface area contributed by atoms with Crippen LogP contribution in [0.4, 0.5) is 0 Å². The van der Waals surface area contributed by atoms with Crippen molar-refractivity contribution in [2.24, 2.45) is 5.73 Å². The van der Waals surface area contributed by atoms with E-state index < -0.39 is 67.4 Å². The molecule has 2 atom stereocenters. The Labute approximate surface area is 196 Å². The van der Waals surface area contributed by atoms with Gasteiger partial charge in [0.25, 0.3) is 0 Å². The third-order valence-corrected chi connectivity index (χ3v) is 3.02. The average molecular weight is 452 g/mol. The molecule has 0 radical (unpaired) electrons. The van der Waals surface area contributed by atoms with Crippen LogP contribution in [0.2, 0.25) is 0 Å². The Hall–Kier alpha value is -2.00. The van der Waals surface area contributed by atoms with Crippen LogP contribution in [0.15, 0.2) is 0 Å². The van der Waals surface area contributed by atoms with E-state index in [-0.39, 0.29) is 59.9 Å². The second kappa shape index (κ2) is 16.9. The van der Waals surface area contributed by atoms with Gasteiger partial charge in [-0.2, -0.15) is 0 Å². The molecule has 0 aliphatic carbocycles. The summed E-state index contributed by atoms with van der Waals surface area (Å²) in [7, 11) is 0. The third kappa shape index (κ3) is 19.1. The van der Waals surface area contributed by atoms with Gasteiger partial charge >= 0.3 is 73.6 Å². The molecule has 0 bridgehead atoms. The van der Waals surface area contributed by atoms with Crippen molar-refractivity contribution in [3.63, 3.8) is 0 Å². The van der Waals surface area contributed by atoms with Crippen molar-refractivity contribution in [3.8, 4) is 0 Å². The van der Waals surface area contributed by atoms with Crippen LogP contribution in [0, 0.1) is 0 Å². The Balaban J connectivity index is -0.000000150. The molecule has 0 amide bonds. The summed E-state index contributed by atoms with van der Waals surface area (Å²) in [4.78, 5) is 62.8. The molecule has 0 aromatic heterocycles. The molecule has 0 spiro atoms. The number of rotatable bonds is 13. The normalized spacial score (nSPS) is 11.8. The number of hydrogen-bond acceptors (Lipinski definition) is 8. The van der Waals surface area contributed by atoms with Crippen LogP contribution in [0.1, 0.15) is 28.5 Å². The number of hydrogen-bond donors (Lipinski definition) is 7. The summed E-state index contributed by atoms with van der Waals surface area (Å²) in [6.07, 6.45) is -1.09. The molecule has 0 unspecified atom stereocenters. The van der Waals surface area contributed by atoms with Gasteiger partial charge in [-0.25, -0.2) is 0 Å². The number of nitrogens with two attached hydrogens (primary N) is 1. The van der Waals surface area contributed by atoms with E-state index >= 15 is 0 Å². The number of nitrogens with zero attached hydrogens (tertiary/aromatic N) is 1. The number of aliphatic carboxylic acids is 6. The zero-order chi connectivity index (χ0) is 22.4. The Bertz CT molecular complexity index is 592. The first-order valence-electron chi connectivity index (χ1n) is 7.60. The SMILES string of the molecule is N[C@@H](CCC(=O)O)C(=O)O.O=C(O)CC[C@@H](C(=O)O)N(CC(=O)O)CC(=O)O.[Ca+2].[H-].[H-]. The van der Waals surface area contributed by atoms with E-state index in [1.54, 1.807) is 0 Å². The third-order valence-electron chi connectivity index (χ3n) is 3.02. The summed E-state index contributed by atoms with van der Waals surface area (Å²) in [5.41, 5.74) is 5.00. The number of carbonyl (C=O) groups is 6. The van der Waals surface area contributed by atoms with Gasteiger partial charge in [0.2, 0.25) is 0 Å². The molecular weight excluding hydrogens is 428 g/mol. The van der Waals surface area contributed by atoms with E-state index in [1.165, 1.54) is 0 Å². The Morgan fingerprint density at radius 2 is 1.07 bits per heavy atom. The maximum absolute atomic E-state index is 10.9. The first kappa shape index (κ1) is 31.7. The monoisotopic (exact) mass is 452 g/mol. The van der Waals surface area contributed by atoms with Crippen molar-refractivity contribution < 1.29 is 62.3 Å². The van der Waals surface area contributed by atoms with E-state index in [0.717, 1.165) is 0 Å². The molecule has 14 nitrogen and oxygen atoms in total. The Morgan fingerprint density at radius 1 is 0.690 bits per heavy atom. The van der Waals surface area contributed by atoms with Gasteiger partial charge in [0, 0.05) is 12.8 Å². The van der Waals surface area contributed by atoms with Crippen molar-refractivity contribution in [1.82, 2.24) is 4.90 Å². The van der Waals surface area contributed by atoms with Gasteiger partial charge in [-0.15, -0.1) is 0 Å². The van der Waals surface area contributed by atoms with Crippen molar-refractivity contribution in [1.29, 1.82) is 0 Å². The van der Waals surface area contributed by atoms with E-state index in [2.05, 4.69) is 0 Å². The predicted octanol–water partition coefficient (Wildman–Crippen LogP) is -2.12. The minimum Gasteiger partial charge on any atom is -1.00 e. The molecule has 8 N–H and O–H groups in total. The zero-order valence-corrected chi connectivity index (χ0v) is 17.5. The topological polar surface area (TPSA) is 253 Å². The molecule has 0 fully saturated rings. The number of carboxylic acids is 6. The molecule has 15 heteroatoms. The summed E-state index contributed by atoms with van der Waals surface area (Å²) in [5, 5.41) is 50.7. The number of carboxylic acid groups (broad SMARTS) is 6. The Morgan fingerprint density at radius 3 is 1.34 bits per heavy atom. The maximum Gasteiger partial charge on any atom is 2.00 e. The minimum absolute atomic E-state index is 0. The van der Waals surface area contributed by atoms with Crippen molar-refractivity contribution >= 4 is 73.6 Å². The standard InChI is InChI=1S/C9H13NO8.C5H9NO4.Ca.2H/c11-6(12)2-1-5(9(17)18)10(3-7(13)14)4-8(15)16;6-3(5(9)10)1-2-4(7)8;;;/h5H,1-4H2,(H,11,12)(H,13,14)(H,15,16)(H,17,18);3H,1-2,6H2,(H,7,8)(H,9,10);;;/q;;+2;2*-1/t5-;3-;;;/m00.../s1. The summed E-state index contributed by atoms with van der Waals surface area (Å²) in [6, 6.07) is -2.52. The van der Waals surface area contributed by atoms with Crippen molar-refractivity contribution in [2.45, 2.75) is 37.8 Å². The van der Waals surface area contributed by atoms with Crippen molar-refractivity contribution in [3.05, 3.63) is 0 Å². The van der Waals surface area contributed by atoms with E-state index in [1.807, 2.05) is 0 Å². The second-order valence-electron chi connectivity index (χ2n) is 5.36. The van der Waals surface area contributed by atoms with E-state index in [0.29, 0.717) is 4.90 Å². The first-order valence-corrected chi connectivity index (χ1v) is 7.60. The van der Waals surface area contributed by atoms with Gasteiger partial charge < -0.3 is 39.2 Å². The molecule has 0 heterocycles. The summed E-state index contributed by atoms with van der Waals surface area (Å²) in [6.45, 7) is -1.58. The summed E-state index contributed by atoms with van der Waals surface area (Å²) >= 11 is 0. The van der Waals surface area contributed by atoms with Crippen LogP contribution in [0.3, 0.4) is 0 Å². The minimum atomic E-state index is -1.46. The molecule has 29 heavy (non-hydrogen) atoms. The molecule has 0 aliphatic rings. The molecule has 0 rings (SSSR count). The zero-order valence-electron chi connectivity index (χ0n) is 17.3. The molecule has 0 saturated heterocycles. The van der Waals surface area contributed by atoms with Gasteiger partial charge in [-0.1, -0.05) is 0 Å². The van der Waals surface area contributed by atoms with E-state index in [9.17, 15) is 28.8 Å². The van der Waals surface area contributed by atoms with Gasteiger partial charge in [0.05, 0.1) is 13.1 Å². The van der Waals surface area contributed by atoms with Gasteiger partial charge in [0.1, 0.15) is 12.1 Å². The predicted molar refractivity (Wildman–Crippen MR) is 95.6 cm³/mol. The van der Waals surface area contributed by atoms with Crippen LogP contribution in [0.25, 0.3) is 0 Å². The fraction of sp³-hybridized carbons (Fsp3) is 0.571. The van der Waals surface area contributed by atoms with Crippen LogP contribution in [-0.2, 0) is 28.8 Å². The molecule has 0 saturated carbocycles. The average Bonchev–Trinajstić information content (AvgIpc) is 2.51. The fourth-order valence-corrected chi connectivity index (χ4v) is 1.75. The smallest absolute Gasteiger partial charge is 1.00 e. The van der Waals surface area contributed by atoms with Crippen LogP contribution < -0.4 is 5.73 Å². The second-order valence-corrected chi connectivity index (χ2v) is 5.36. The Kier molecular flexibility index (Phi) is 18.5. The molecule has 0 aromatic carbocycles. The van der Waals surface area contributed by atoms with Crippen LogP contribution in [-0.4, -0.2) is 134 Å². The van der Waals surface area contributed by atoms with Crippen LogP contribution >= 0.6 is 0 Å². The van der Waals surface area contributed by atoms with Gasteiger partial charge in [0.15, 0.2) is 0 Å². The molecule has 0 aromatic rings. The summed E-state index contributed by atoms with van der Waals surface area (Å²) < 4.78 is 0. The van der Waals surface area contributed by atoms with Gasteiger partial charge in [-0.05, 0) is 12.8 Å². The molecule has 164 valence electrons. The quantitative estimate of drug-likeness (QED) is 0.148. The maximum atomic E-state index is 10.9. The summed E-state index contributed by atoms with van der Waals surface area (Å²) in [5.74, 6) is -7.68. The molecule has 0 aliphatic heterocycles.